The van der Waals surface area contributed by atoms with Crippen LogP contribution in [0.25, 0.3) is 0 Å². The third-order valence-corrected chi connectivity index (χ3v) is 6.06. The second kappa shape index (κ2) is 8.95. The summed E-state index contributed by atoms with van der Waals surface area (Å²) < 4.78 is 5.38. The number of carbonyl (C=O) groups excluding carboxylic acids is 1. The summed E-state index contributed by atoms with van der Waals surface area (Å²) in [6.07, 6.45) is 3.87. The van der Waals surface area contributed by atoms with Gasteiger partial charge in [0, 0.05) is 39.0 Å². The van der Waals surface area contributed by atoms with Gasteiger partial charge in [-0.05, 0) is 44.7 Å². The molecule has 1 N–H and O–H groups in total. The van der Waals surface area contributed by atoms with Crippen molar-refractivity contribution in [3.63, 3.8) is 0 Å². The zero-order valence-electron chi connectivity index (χ0n) is 16.4. The van der Waals surface area contributed by atoms with Crippen molar-refractivity contribution in [1.82, 2.24) is 25.3 Å². The Bertz CT molecular complexity index is 576. The fourth-order valence-corrected chi connectivity index (χ4v) is 4.08. The summed E-state index contributed by atoms with van der Waals surface area (Å²) >= 11 is 0. The molecule has 26 heavy (non-hydrogen) atoms. The molecular formula is C19H33N5O2. The zero-order valence-corrected chi connectivity index (χ0v) is 16.4. The average molecular weight is 364 g/mol. The highest BCUT2D eigenvalue weighted by atomic mass is 16.5. The second-order valence-electron chi connectivity index (χ2n) is 7.76. The van der Waals surface area contributed by atoms with Crippen LogP contribution in [0.4, 0.5) is 0 Å². The lowest BCUT2D eigenvalue weighted by molar-refractivity contribution is -0.134. The fraction of sp³-hybridized carbons (Fsp3) is 0.842. The molecule has 1 aromatic heterocycles. The van der Waals surface area contributed by atoms with E-state index in [0.717, 1.165) is 51.5 Å². The minimum Gasteiger partial charge on any atom is -0.340 e. The monoisotopic (exact) mass is 363 g/mol. The number of rotatable bonds is 6. The van der Waals surface area contributed by atoms with Gasteiger partial charge in [-0.3, -0.25) is 9.69 Å². The van der Waals surface area contributed by atoms with E-state index in [4.69, 9.17) is 4.52 Å². The fourth-order valence-electron chi connectivity index (χ4n) is 4.08. The standard InChI is InChI=1S/C19H33N5O2/c1-4-17-21-19(26-22-17)15(3)23-9-11-24(12-10-23)18(25)13-14(2)16-5-7-20-8-6-16/h14-16,20H,4-13H2,1-3H3. The summed E-state index contributed by atoms with van der Waals surface area (Å²) in [6.45, 7) is 11.8. The van der Waals surface area contributed by atoms with Gasteiger partial charge in [-0.25, -0.2) is 0 Å². The lowest BCUT2D eigenvalue weighted by atomic mass is 9.84. The molecule has 3 heterocycles. The van der Waals surface area contributed by atoms with Gasteiger partial charge in [0.05, 0.1) is 6.04 Å². The van der Waals surface area contributed by atoms with Crippen molar-refractivity contribution in [3.8, 4) is 0 Å². The summed E-state index contributed by atoms with van der Waals surface area (Å²) in [4.78, 5) is 21.5. The van der Waals surface area contributed by atoms with Crippen molar-refractivity contribution in [3.05, 3.63) is 11.7 Å². The molecule has 0 saturated carbocycles. The van der Waals surface area contributed by atoms with E-state index in [-0.39, 0.29) is 6.04 Å². The number of hydrogen-bond donors (Lipinski definition) is 1. The molecule has 3 rings (SSSR count). The number of piperidine rings is 1. The van der Waals surface area contributed by atoms with Crippen LogP contribution in [0.2, 0.25) is 0 Å². The van der Waals surface area contributed by atoms with Crippen LogP contribution in [0.5, 0.6) is 0 Å². The Balaban J connectivity index is 1.45. The van der Waals surface area contributed by atoms with Crippen molar-refractivity contribution >= 4 is 5.91 Å². The molecule has 2 atom stereocenters. The van der Waals surface area contributed by atoms with Gasteiger partial charge in [0.1, 0.15) is 0 Å². The van der Waals surface area contributed by atoms with Gasteiger partial charge in [-0.15, -0.1) is 0 Å². The number of aromatic nitrogens is 2. The highest BCUT2D eigenvalue weighted by Crippen LogP contribution is 2.26. The molecule has 7 heteroatoms. The molecule has 0 aliphatic carbocycles. The van der Waals surface area contributed by atoms with Crippen LogP contribution in [0.3, 0.4) is 0 Å². The maximum absolute atomic E-state index is 12.7. The highest BCUT2D eigenvalue weighted by Gasteiger charge is 2.29. The van der Waals surface area contributed by atoms with E-state index in [1.165, 1.54) is 12.8 Å². The Hall–Kier alpha value is -1.47. The molecule has 1 aromatic rings. The van der Waals surface area contributed by atoms with E-state index >= 15 is 0 Å². The Morgan fingerprint density at radius 2 is 1.92 bits per heavy atom. The summed E-state index contributed by atoms with van der Waals surface area (Å²) in [7, 11) is 0. The molecule has 0 radical (unpaired) electrons. The van der Waals surface area contributed by atoms with Crippen molar-refractivity contribution in [1.29, 1.82) is 0 Å². The smallest absolute Gasteiger partial charge is 0.243 e. The van der Waals surface area contributed by atoms with Gasteiger partial charge in [0.25, 0.3) is 0 Å². The van der Waals surface area contributed by atoms with E-state index in [1.54, 1.807) is 0 Å². The van der Waals surface area contributed by atoms with Crippen LogP contribution in [-0.4, -0.2) is 65.1 Å². The third-order valence-electron chi connectivity index (χ3n) is 6.06. The number of nitrogens with zero attached hydrogens (tertiary/aromatic N) is 4. The highest BCUT2D eigenvalue weighted by molar-refractivity contribution is 5.76. The van der Waals surface area contributed by atoms with E-state index in [2.05, 4.69) is 34.2 Å². The van der Waals surface area contributed by atoms with E-state index in [9.17, 15) is 4.79 Å². The average Bonchev–Trinajstić information content (AvgIpc) is 3.17. The predicted octanol–water partition coefficient (Wildman–Crippen LogP) is 1.86. The van der Waals surface area contributed by atoms with Crippen molar-refractivity contribution in [2.45, 2.75) is 52.5 Å². The molecule has 2 aliphatic rings. The summed E-state index contributed by atoms with van der Waals surface area (Å²) in [5.74, 6) is 2.92. The van der Waals surface area contributed by atoms with E-state index in [1.807, 2.05) is 11.8 Å². The molecule has 0 aromatic carbocycles. The normalized spacial score (nSPS) is 22.3. The summed E-state index contributed by atoms with van der Waals surface area (Å²) in [6, 6.07) is 0.105. The van der Waals surface area contributed by atoms with Crippen molar-refractivity contribution in [2.75, 3.05) is 39.3 Å². The first-order valence-corrected chi connectivity index (χ1v) is 10.1. The Kier molecular flexibility index (Phi) is 6.64. The second-order valence-corrected chi connectivity index (χ2v) is 7.76. The third kappa shape index (κ3) is 4.62. The first kappa shape index (κ1) is 19.3. The first-order valence-electron chi connectivity index (χ1n) is 10.1. The topological polar surface area (TPSA) is 74.5 Å². The van der Waals surface area contributed by atoms with Crippen LogP contribution in [0.15, 0.2) is 4.52 Å². The van der Waals surface area contributed by atoms with Gasteiger partial charge < -0.3 is 14.7 Å². The summed E-state index contributed by atoms with van der Waals surface area (Å²) in [5.41, 5.74) is 0. The van der Waals surface area contributed by atoms with E-state index < -0.39 is 0 Å². The van der Waals surface area contributed by atoms with Gasteiger partial charge in [-0.1, -0.05) is 19.0 Å². The zero-order chi connectivity index (χ0) is 18.5. The Morgan fingerprint density at radius 3 is 2.54 bits per heavy atom. The van der Waals surface area contributed by atoms with Gasteiger partial charge in [-0.2, -0.15) is 4.98 Å². The number of hydrogen-bond acceptors (Lipinski definition) is 6. The maximum Gasteiger partial charge on any atom is 0.243 e. The van der Waals surface area contributed by atoms with Gasteiger partial charge in [0.2, 0.25) is 11.8 Å². The number of piperazine rings is 1. The minimum atomic E-state index is 0.105. The van der Waals surface area contributed by atoms with Crippen LogP contribution in [-0.2, 0) is 11.2 Å². The van der Waals surface area contributed by atoms with Crippen LogP contribution < -0.4 is 5.32 Å². The molecule has 2 aliphatic heterocycles. The maximum atomic E-state index is 12.7. The number of amides is 1. The van der Waals surface area contributed by atoms with Crippen molar-refractivity contribution < 1.29 is 9.32 Å². The molecule has 146 valence electrons. The molecule has 0 spiro atoms. The van der Waals surface area contributed by atoms with E-state index in [0.29, 0.717) is 30.1 Å². The first-order chi connectivity index (χ1) is 12.6. The molecule has 2 unspecified atom stereocenters. The molecule has 2 saturated heterocycles. The SMILES string of the molecule is CCc1noc(C(C)N2CCN(C(=O)CC(C)C3CCNCC3)CC2)n1. The largest absolute Gasteiger partial charge is 0.340 e. The van der Waals surface area contributed by atoms with Crippen LogP contribution in [0.1, 0.15) is 57.8 Å². The lowest BCUT2D eigenvalue weighted by Gasteiger charge is -2.37. The minimum absolute atomic E-state index is 0.105. The molecule has 7 nitrogen and oxygen atoms in total. The van der Waals surface area contributed by atoms with Crippen LogP contribution in [0, 0.1) is 11.8 Å². The Morgan fingerprint density at radius 1 is 1.23 bits per heavy atom. The molecule has 2 fully saturated rings. The quantitative estimate of drug-likeness (QED) is 0.832. The van der Waals surface area contributed by atoms with Gasteiger partial charge >= 0.3 is 0 Å². The molecular weight excluding hydrogens is 330 g/mol. The Labute approximate surface area is 156 Å². The number of carbonyl (C=O) groups is 1. The molecule has 1 amide bonds. The number of nitrogens with one attached hydrogen (secondary N) is 1. The molecule has 0 bridgehead atoms. The van der Waals surface area contributed by atoms with Crippen molar-refractivity contribution in [2.24, 2.45) is 11.8 Å². The summed E-state index contributed by atoms with van der Waals surface area (Å²) in [5, 5.41) is 7.39. The number of aryl methyl sites for hydroxylation is 1. The lowest BCUT2D eigenvalue weighted by Crippen LogP contribution is -2.49. The van der Waals surface area contributed by atoms with Gasteiger partial charge in [0.15, 0.2) is 5.82 Å². The van der Waals surface area contributed by atoms with Crippen LogP contribution >= 0.6 is 0 Å². The predicted molar refractivity (Wildman–Crippen MR) is 99.6 cm³/mol.